The monoisotopic (exact) mass is 303 g/mol. The van der Waals surface area contributed by atoms with Crippen LogP contribution in [-0.4, -0.2) is 33.4 Å². The summed E-state index contributed by atoms with van der Waals surface area (Å²) in [6.07, 6.45) is 2.37. The summed E-state index contributed by atoms with van der Waals surface area (Å²) in [6.45, 7) is 6.03. The number of hydrogen-bond acceptors (Lipinski definition) is 6. The molecule has 0 aromatic carbocycles. The largest absolute Gasteiger partial charge is 0.373 e. The molecule has 1 fully saturated rings. The van der Waals surface area contributed by atoms with Crippen LogP contribution in [0.2, 0.25) is 0 Å². The first kappa shape index (κ1) is 14.4. The van der Waals surface area contributed by atoms with Gasteiger partial charge in [-0.3, -0.25) is 4.90 Å². The Morgan fingerprint density at radius 1 is 1.33 bits per heavy atom. The van der Waals surface area contributed by atoms with Gasteiger partial charge in [-0.15, -0.1) is 11.3 Å². The van der Waals surface area contributed by atoms with Gasteiger partial charge >= 0.3 is 0 Å². The highest BCUT2D eigenvalue weighted by Crippen LogP contribution is 2.33. The van der Waals surface area contributed by atoms with Crippen LogP contribution in [0.3, 0.4) is 0 Å². The average molecular weight is 303 g/mol. The summed E-state index contributed by atoms with van der Waals surface area (Å²) in [7, 11) is 1.90. The van der Waals surface area contributed by atoms with Crippen LogP contribution in [0.4, 0.5) is 5.82 Å². The van der Waals surface area contributed by atoms with Crippen LogP contribution in [0, 0.1) is 13.8 Å². The zero-order valence-electron chi connectivity index (χ0n) is 12.8. The van der Waals surface area contributed by atoms with Crippen molar-refractivity contribution >= 4 is 17.2 Å². The van der Waals surface area contributed by atoms with Gasteiger partial charge < -0.3 is 5.32 Å². The van der Waals surface area contributed by atoms with E-state index >= 15 is 0 Å². The molecule has 1 aliphatic heterocycles. The van der Waals surface area contributed by atoms with Gasteiger partial charge in [0, 0.05) is 25.0 Å². The van der Waals surface area contributed by atoms with Gasteiger partial charge in [0.2, 0.25) is 0 Å². The van der Waals surface area contributed by atoms with Crippen molar-refractivity contribution in [3.05, 3.63) is 33.7 Å². The number of nitrogens with zero attached hydrogens (tertiary/aromatic N) is 4. The lowest BCUT2D eigenvalue weighted by Gasteiger charge is -2.23. The molecule has 0 radical (unpaired) electrons. The number of aromatic nitrogens is 3. The van der Waals surface area contributed by atoms with Crippen LogP contribution in [0.15, 0.2) is 11.4 Å². The van der Waals surface area contributed by atoms with Crippen molar-refractivity contribution in [2.75, 3.05) is 18.9 Å². The Morgan fingerprint density at radius 2 is 2.19 bits per heavy atom. The third kappa shape index (κ3) is 3.22. The second kappa shape index (κ2) is 6.07. The highest BCUT2D eigenvalue weighted by Gasteiger charge is 2.28. The summed E-state index contributed by atoms with van der Waals surface area (Å²) < 4.78 is 0. The van der Waals surface area contributed by atoms with Crippen LogP contribution in [-0.2, 0) is 6.54 Å². The Bertz CT molecular complexity index is 624. The Morgan fingerprint density at radius 3 is 2.90 bits per heavy atom. The van der Waals surface area contributed by atoms with Gasteiger partial charge in [-0.2, -0.15) is 0 Å². The van der Waals surface area contributed by atoms with Gasteiger partial charge in [0.15, 0.2) is 0 Å². The van der Waals surface area contributed by atoms with E-state index in [9.17, 15) is 0 Å². The maximum Gasteiger partial charge on any atom is 0.129 e. The molecule has 1 atom stereocenters. The number of hydrogen-bond donors (Lipinski definition) is 1. The van der Waals surface area contributed by atoms with E-state index in [-0.39, 0.29) is 0 Å². The molecule has 0 saturated carbocycles. The predicted octanol–water partition coefficient (Wildman–Crippen LogP) is 2.93. The molecule has 0 aliphatic carbocycles. The minimum Gasteiger partial charge on any atom is -0.373 e. The van der Waals surface area contributed by atoms with E-state index in [1.807, 2.05) is 14.0 Å². The summed E-state index contributed by atoms with van der Waals surface area (Å²) in [5.74, 6) is 1.72. The summed E-state index contributed by atoms with van der Waals surface area (Å²) in [4.78, 5) is 16.1. The third-order valence-electron chi connectivity index (χ3n) is 3.85. The molecule has 1 saturated heterocycles. The quantitative estimate of drug-likeness (QED) is 0.941. The number of nitrogens with one attached hydrogen (secondary N) is 1. The predicted molar refractivity (Wildman–Crippen MR) is 85.6 cm³/mol. The molecule has 2 aromatic heterocycles. The molecule has 3 heterocycles. The molecule has 0 bridgehead atoms. The molecule has 6 heteroatoms. The molecule has 0 unspecified atom stereocenters. The van der Waals surface area contributed by atoms with Crippen LogP contribution in [0.5, 0.6) is 0 Å². The molecule has 1 N–H and O–H groups in total. The van der Waals surface area contributed by atoms with E-state index in [1.165, 1.54) is 12.1 Å². The molecule has 0 amide bonds. The van der Waals surface area contributed by atoms with Crippen molar-refractivity contribution < 1.29 is 0 Å². The number of aryl methyl sites for hydroxylation is 2. The lowest BCUT2D eigenvalue weighted by atomic mass is 10.1. The summed E-state index contributed by atoms with van der Waals surface area (Å²) in [6, 6.07) is 2.45. The minimum atomic E-state index is 0.376. The molecule has 112 valence electrons. The van der Waals surface area contributed by atoms with Crippen LogP contribution < -0.4 is 5.32 Å². The average Bonchev–Trinajstić information content (AvgIpc) is 3.08. The molecule has 0 spiro atoms. The van der Waals surface area contributed by atoms with Gasteiger partial charge in [-0.05, 0) is 33.2 Å². The minimum absolute atomic E-state index is 0.376. The maximum atomic E-state index is 4.65. The topological polar surface area (TPSA) is 53.9 Å². The van der Waals surface area contributed by atoms with Gasteiger partial charge in [0.1, 0.15) is 11.6 Å². The van der Waals surface area contributed by atoms with E-state index in [1.54, 1.807) is 11.3 Å². The second-order valence-electron chi connectivity index (χ2n) is 5.46. The number of likely N-dealkylation sites (tertiary alicyclic amines) is 1. The normalized spacial score (nSPS) is 19.1. The first-order valence-corrected chi connectivity index (χ1v) is 8.22. The molecule has 1 aliphatic rings. The van der Waals surface area contributed by atoms with E-state index in [4.69, 9.17) is 0 Å². The zero-order valence-corrected chi connectivity index (χ0v) is 13.6. The smallest absolute Gasteiger partial charge is 0.129 e. The fourth-order valence-corrected chi connectivity index (χ4v) is 3.53. The number of anilines is 1. The van der Waals surface area contributed by atoms with Gasteiger partial charge in [-0.1, -0.05) is 0 Å². The van der Waals surface area contributed by atoms with Crippen LogP contribution in [0.25, 0.3) is 0 Å². The zero-order chi connectivity index (χ0) is 14.8. The van der Waals surface area contributed by atoms with E-state index in [0.29, 0.717) is 6.04 Å². The van der Waals surface area contributed by atoms with Crippen molar-refractivity contribution in [2.45, 2.75) is 39.3 Å². The molecular weight excluding hydrogens is 282 g/mol. The van der Waals surface area contributed by atoms with Crippen molar-refractivity contribution in [3.8, 4) is 0 Å². The Labute approximate surface area is 129 Å². The fraction of sp³-hybridized carbons (Fsp3) is 0.533. The van der Waals surface area contributed by atoms with E-state index < -0.39 is 0 Å². The van der Waals surface area contributed by atoms with Gasteiger partial charge in [0.25, 0.3) is 0 Å². The number of thiazole rings is 1. The Hall–Kier alpha value is -1.53. The highest BCUT2D eigenvalue weighted by atomic mass is 32.1. The van der Waals surface area contributed by atoms with Crippen LogP contribution >= 0.6 is 11.3 Å². The first-order chi connectivity index (χ1) is 10.2. The van der Waals surface area contributed by atoms with E-state index in [0.717, 1.165) is 41.9 Å². The van der Waals surface area contributed by atoms with Crippen molar-refractivity contribution in [3.63, 3.8) is 0 Å². The van der Waals surface area contributed by atoms with Crippen molar-refractivity contribution in [1.82, 2.24) is 19.9 Å². The summed E-state index contributed by atoms with van der Waals surface area (Å²) in [5, 5.41) is 6.42. The highest BCUT2D eigenvalue weighted by molar-refractivity contribution is 7.09. The number of rotatable bonds is 4. The third-order valence-corrected chi connectivity index (χ3v) is 4.67. The fourth-order valence-electron chi connectivity index (χ4n) is 2.93. The first-order valence-electron chi connectivity index (χ1n) is 7.34. The standard InChI is InChI=1S/C15H21N5S/c1-10-17-13(7-15(16-3)18-10)14-5-4-6-20(14)8-12-9-21-11(2)19-12/h7,9,14H,4-6,8H2,1-3H3,(H,16,17,18)/t14-/m0/s1. The molecule has 21 heavy (non-hydrogen) atoms. The molecule has 3 rings (SSSR count). The Balaban J connectivity index is 1.81. The van der Waals surface area contributed by atoms with Gasteiger partial charge in [-0.25, -0.2) is 15.0 Å². The SMILES string of the molecule is CNc1cc([C@@H]2CCCN2Cc2csc(C)n2)nc(C)n1. The molecular formula is C15H21N5S. The lowest BCUT2D eigenvalue weighted by Crippen LogP contribution is -2.24. The van der Waals surface area contributed by atoms with Crippen LogP contribution in [0.1, 0.15) is 41.1 Å². The Kier molecular flexibility index (Phi) is 4.17. The van der Waals surface area contributed by atoms with Crippen molar-refractivity contribution in [2.24, 2.45) is 0 Å². The molecule has 5 nitrogen and oxygen atoms in total. The second-order valence-corrected chi connectivity index (χ2v) is 6.52. The molecule has 2 aromatic rings. The summed E-state index contributed by atoms with van der Waals surface area (Å²) in [5.41, 5.74) is 2.29. The van der Waals surface area contributed by atoms with Gasteiger partial charge in [0.05, 0.1) is 22.4 Å². The van der Waals surface area contributed by atoms with Crippen molar-refractivity contribution in [1.29, 1.82) is 0 Å². The maximum absolute atomic E-state index is 4.65. The summed E-state index contributed by atoms with van der Waals surface area (Å²) >= 11 is 1.72. The van der Waals surface area contributed by atoms with E-state index in [2.05, 4.69) is 43.5 Å². The lowest BCUT2D eigenvalue weighted by molar-refractivity contribution is 0.241.